The van der Waals surface area contributed by atoms with Crippen LogP contribution < -0.4 is 15.6 Å². The van der Waals surface area contributed by atoms with Crippen LogP contribution in [0.1, 0.15) is 33.8 Å². The predicted molar refractivity (Wildman–Crippen MR) is 119 cm³/mol. The zero-order valence-corrected chi connectivity index (χ0v) is 18.5. The Labute approximate surface area is 181 Å². The maximum absolute atomic E-state index is 12.3. The Bertz CT molecular complexity index is 826. The van der Waals surface area contributed by atoms with E-state index in [9.17, 15) is 9.59 Å². The first kappa shape index (κ1) is 21.1. The standard InChI is InChI=1S/C20H21BrN2O3S2/c1-13(26-17-5-2-4-16(21)12-17)18(24)22-23-19(25)14-6-8-15(9-7-14)20-27-10-3-11-28-20/h2,4-9,12-13,20H,3,10-11H2,1H3,(H,22,24)(H,23,25). The molecule has 1 aliphatic heterocycles. The highest BCUT2D eigenvalue weighted by Crippen LogP contribution is 2.43. The molecule has 2 aromatic carbocycles. The summed E-state index contributed by atoms with van der Waals surface area (Å²) in [6, 6.07) is 14.7. The Kier molecular flexibility index (Phi) is 7.70. The average molecular weight is 481 g/mol. The summed E-state index contributed by atoms with van der Waals surface area (Å²) in [4.78, 5) is 24.4. The Morgan fingerprint density at radius 3 is 2.50 bits per heavy atom. The van der Waals surface area contributed by atoms with Gasteiger partial charge in [-0.1, -0.05) is 34.1 Å². The lowest BCUT2D eigenvalue weighted by Crippen LogP contribution is -2.47. The molecule has 1 saturated heterocycles. The van der Waals surface area contributed by atoms with Crippen LogP contribution in [0.25, 0.3) is 0 Å². The van der Waals surface area contributed by atoms with Crippen LogP contribution in [0.2, 0.25) is 0 Å². The first-order valence-electron chi connectivity index (χ1n) is 8.88. The Morgan fingerprint density at radius 1 is 1.11 bits per heavy atom. The number of amides is 2. The van der Waals surface area contributed by atoms with Gasteiger partial charge in [-0.05, 0) is 60.7 Å². The van der Waals surface area contributed by atoms with Crippen LogP contribution in [0, 0.1) is 0 Å². The van der Waals surface area contributed by atoms with E-state index >= 15 is 0 Å². The fourth-order valence-corrected chi connectivity index (χ4v) is 5.83. The third kappa shape index (κ3) is 5.93. The topological polar surface area (TPSA) is 67.4 Å². The number of hydrazine groups is 1. The van der Waals surface area contributed by atoms with Crippen molar-refractivity contribution in [2.45, 2.75) is 24.0 Å². The summed E-state index contributed by atoms with van der Waals surface area (Å²) >= 11 is 7.23. The summed E-state index contributed by atoms with van der Waals surface area (Å²) in [6.45, 7) is 1.62. The quantitative estimate of drug-likeness (QED) is 0.614. The average Bonchev–Trinajstić information content (AvgIpc) is 2.72. The number of benzene rings is 2. The molecular formula is C20H21BrN2O3S2. The Balaban J connectivity index is 1.49. The predicted octanol–water partition coefficient (Wildman–Crippen LogP) is 4.55. The van der Waals surface area contributed by atoms with Gasteiger partial charge < -0.3 is 4.74 Å². The molecule has 5 nitrogen and oxygen atoms in total. The van der Waals surface area contributed by atoms with Gasteiger partial charge >= 0.3 is 0 Å². The molecule has 28 heavy (non-hydrogen) atoms. The molecule has 1 unspecified atom stereocenters. The Hall–Kier alpha value is -1.64. The molecule has 1 aliphatic rings. The SMILES string of the molecule is CC(Oc1cccc(Br)c1)C(=O)NNC(=O)c1ccc(C2SCCCS2)cc1. The molecule has 0 aliphatic carbocycles. The lowest BCUT2D eigenvalue weighted by molar-refractivity contribution is -0.128. The van der Waals surface area contributed by atoms with Gasteiger partial charge in [0.1, 0.15) is 5.75 Å². The minimum absolute atomic E-state index is 0.362. The van der Waals surface area contributed by atoms with Gasteiger partial charge in [-0.25, -0.2) is 0 Å². The van der Waals surface area contributed by atoms with Crippen LogP contribution in [-0.4, -0.2) is 29.4 Å². The number of hydrogen-bond donors (Lipinski definition) is 2. The first-order chi connectivity index (χ1) is 13.5. The lowest BCUT2D eigenvalue weighted by atomic mass is 10.1. The van der Waals surface area contributed by atoms with E-state index in [0.717, 1.165) is 4.47 Å². The number of thioether (sulfide) groups is 2. The van der Waals surface area contributed by atoms with E-state index in [1.165, 1.54) is 23.5 Å². The van der Waals surface area contributed by atoms with Crippen LogP contribution in [0.4, 0.5) is 0 Å². The van der Waals surface area contributed by atoms with Gasteiger partial charge in [0.25, 0.3) is 11.8 Å². The molecular weight excluding hydrogens is 460 g/mol. The van der Waals surface area contributed by atoms with Crippen molar-refractivity contribution in [3.63, 3.8) is 0 Å². The summed E-state index contributed by atoms with van der Waals surface area (Å²) in [5, 5.41) is 0. The molecule has 0 saturated carbocycles. The Morgan fingerprint density at radius 2 is 1.82 bits per heavy atom. The number of carbonyl (C=O) groups is 2. The molecule has 0 spiro atoms. The number of hydrogen-bond acceptors (Lipinski definition) is 5. The number of nitrogens with one attached hydrogen (secondary N) is 2. The number of rotatable bonds is 5. The van der Waals surface area contributed by atoms with E-state index in [-0.39, 0.29) is 5.91 Å². The number of ether oxygens (including phenoxy) is 1. The van der Waals surface area contributed by atoms with Crippen LogP contribution in [0.3, 0.4) is 0 Å². The molecule has 0 radical (unpaired) electrons. The molecule has 1 fully saturated rings. The fraction of sp³-hybridized carbons (Fsp3) is 0.300. The fourth-order valence-electron chi connectivity index (χ4n) is 2.56. The molecule has 0 aromatic heterocycles. The maximum Gasteiger partial charge on any atom is 0.279 e. The minimum Gasteiger partial charge on any atom is -0.481 e. The van der Waals surface area contributed by atoms with E-state index in [1.807, 2.05) is 47.8 Å². The van der Waals surface area contributed by atoms with E-state index in [4.69, 9.17) is 4.74 Å². The maximum atomic E-state index is 12.3. The smallest absolute Gasteiger partial charge is 0.279 e. The lowest BCUT2D eigenvalue weighted by Gasteiger charge is -2.21. The molecule has 2 aromatic rings. The highest BCUT2D eigenvalue weighted by Gasteiger charge is 2.18. The van der Waals surface area contributed by atoms with Crippen molar-refractivity contribution < 1.29 is 14.3 Å². The third-order valence-corrected chi connectivity index (χ3v) is 7.56. The number of carbonyl (C=O) groups excluding carboxylic acids is 2. The van der Waals surface area contributed by atoms with E-state index in [0.29, 0.717) is 15.9 Å². The second-order valence-electron chi connectivity index (χ2n) is 6.21. The van der Waals surface area contributed by atoms with Gasteiger partial charge in [-0.15, -0.1) is 23.5 Å². The van der Waals surface area contributed by atoms with Crippen LogP contribution in [0.15, 0.2) is 53.0 Å². The molecule has 1 heterocycles. The van der Waals surface area contributed by atoms with Crippen molar-refractivity contribution in [2.75, 3.05) is 11.5 Å². The molecule has 2 amide bonds. The zero-order chi connectivity index (χ0) is 19.9. The van der Waals surface area contributed by atoms with Crippen molar-refractivity contribution >= 4 is 51.3 Å². The van der Waals surface area contributed by atoms with Crippen molar-refractivity contribution in [2.24, 2.45) is 0 Å². The van der Waals surface area contributed by atoms with Gasteiger partial charge in [0.15, 0.2) is 6.10 Å². The van der Waals surface area contributed by atoms with Gasteiger partial charge in [0.2, 0.25) is 0 Å². The highest BCUT2D eigenvalue weighted by molar-refractivity contribution is 9.10. The van der Waals surface area contributed by atoms with Crippen LogP contribution in [-0.2, 0) is 4.79 Å². The summed E-state index contributed by atoms with van der Waals surface area (Å²) in [5.74, 6) is 2.12. The zero-order valence-electron chi connectivity index (χ0n) is 15.3. The van der Waals surface area contributed by atoms with E-state index < -0.39 is 12.0 Å². The summed E-state index contributed by atoms with van der Waals surface area (Å²) in [6.07, 6.45) is 0.493. The van der Waals surface area contributed by atoms with Gasteiger partial charge in [0, 0.05) is 10.0 Å². The molecule has 3 rings (SSSR count). The molecule has 148 valence electrons. The summed E-state index contributed by atoms with van der Waals surface area (Å²) in [5.41, 5.74) is 6.56. The van der Waals surface area contributed by atoms with Crippen molar-refractivity contribution in [3.05, 3.63) is 64.1 Å². The molecule has 1 atom stereocenters. The highest BCUT2D eigenvalue weighted by atomic mass is 79.9. The van der Waals surface area contributed by atoms with Crippen molar-refractivity contribution in [1.82, 2.24) is 10.9 Å². The van der Waals surface area contributed by atoms with E-state index in [2.05, 4.69) is 26.8 Å². The normalized spacial score (nSPS) is 15.5. The van der Waals surface area contributed by atoms with E-state index in [1.54, 1.807) is 31.2 Å². The first-order valence-corrected chi connectivity index (χ1v) is 11.8. The van der Waals surface area contributed by atoms with Crippen molar-refractivity contribution in [3.8, 4) is 5.75 Å². The largest absolute Gasteiger partial charge is 0.481 e. The third-order valence-electron chi connectivity index (χ3n) is 4.05. The molecule has 0 bridgehead atoms. The van der Waals surface area contributed by atoms with Crippen molar-refractivity contribution in [1.29, 1.82) is 0 Å². The number of halogens is 1. The van der Waals surface area contributed by atoms with Gasteiger partial charge in [-0.2, -0.15) is 0 Å². The molecule has 8 heteroatoms. The monoisotopic (exact) mass is 480 g/mol. The van der Waals surface area contributed by atoms with Gasteiger partial charge in [-0.3, -0.25) is 20.4 Å². The minimum atomic E-state index is -0.752. The molecule has 2 N–H and O–H groups in total. The summed E-state index contributed by atoms with van der Waals surface area (Å²) < 4.78 is 6.87. The van der Waals surface area contributed by atoms with Crippen LogP contribution >= 0.6 is 39.5 Å². The second-order valence-corrected chi connectivity index (χ2v) is 9.85. The van der Waals surface area contributed by atoms with Gasteiger partial charge in [0.05, 0.1) is 4.58 Å². The second kappa shape index (κ2) is 10.2. The summed E-state index contributed by atoms with van der Waals surface area (Å²) in [7, 11) is 0. The van der Waals surface area contributed by atoms with Crippen LogP contribution in [0.5, 0.6) is 5.75 Å².